The van der Waals surface area contributed by atoms with Crippen LogP contribution in [0.3, 0.4) is 0 Å². The highest BCUT2D eigenvalue weighted by atomic mass is 16.5. The molecule has 0 aromatic heterocycles. The lowest BCUT2D eigenvalue weighted by Gasteiger charge is -2.33. The van der Waals surface area contributed by atoms with Crippen LogP contribution >= 0.6 is 0 Å². The number of benzene rings is 1. The van der Waals surface area contributed by atoms with E-state index in [0.29, 0.717) is 63.9 Å². The molecule has 3 aliphatic rings. The predicted molar refractivity (Wildman–Crippen MR) is 102 cm³/mol. The molecule has 3 saturated heterocycles. The van der Waals surface area contributed by atoms with Crippen molar-refractivity contribution in [3.8, 4) is 5.75 Å². The topological polar surface area (TPSA) is 68.3 Å². The Morgan fingerprint density at radius 1 is 0.929 bits per heavy atom. The summed E-state index contributed by atoms with van der Waals surface area (Å²) in [4.78, 5) is 28.9. The molecule has 2 amide bonds. The number of amides is 2. The Hall–Kier alpha value is -2.12. The fourth-order valence-electron chi connectivity index (χ4n) is 4.03. The molecule has 3 aliphatic heterocycles. The van der Waals surface area contributed by atoms with E-state index < -0.39 is 0 Å². The number of hydrogen-bond acceptors (Lipinski definition) is 5. The molecule has 0 aliphatic carbocycles. The Kier molecular flexibility index (Phi) is 6.12. The van der Waals surface area contributed by atoms with E-state index >= 15 is 0 Å². The van der Waals surface area contributed by atoms with Gasteiger partial charge in [-0.15, -0.1) is 0 Å². The van der Waals surface area contributed by atoms with Crippen LogP contribution in [0.5, 0.6) is 5.75 Å². The lowest BCUT2D eigenvalue weighted by atomic mass is 10.0. The zero-order valence-electron chi connectivity index (χ0n) is 16.2. The van der Waals surface area contributed by atoms with Gasteiger partial charge < -0.3 is 24.0 Å². The number of morpholine rings is 1. The number of carbonyl (C=O) groups is 2. The summed E-state index contributed by atoms with van der Waals surface area (Å²) < 4.78 is 16.8. The lowest BCUT2D eigenvalue weighted by molar-refractivity contribution is -0.137. The molecule has 0 bridgehead atoms. The Bertz CT molecular complexity index is 690. The molecule has 4 rings (SSSR count). The van der Waals surface area contributed by atoms with Crippen molar-refractivity contribution >= 4 is 11.8 Å². The molecule has 1 aromatic carbocycles. The van der Waals surface area contributed by atoms with Gasteiger partial charge in [0.1, 0.15) is 11.9 Å². The molecule has 3 heterocycles. The number of ether oxygens (including phenoxy) is 3. The summed E-state index contributed by atoms with van der Waals surface area (Å²) in [6.07, 6.45) is 2.51. The molecule has 0 radical (unpaired) electrons. The summed E-state index contributed by atoms with van der Waals surface area (Å²) in [5.74, 6) is 0.982. The van der Waals surface area contributed by atoms with E-state index in [1.165, 1.54) is 0 Å². The Morgan fingerprint density at radius 3 is 2.43 bits per heavy atom. The van der Waals surface area contributed by atoms with Gasteiger partial charge in [0.05, 0.1) is 25.7 Å². The maximum Gasteiger partial charge on any atom is 0.254 e. The van der Waals surface area contributed by atoms with Crippen LogP contribution in [-0.4, -0.2) is 80.3 Å². The van der Waals surface area contributed by atoms with Crippen molar-refractivity contribution in [2.45, 2.75) is 25.4 Å². The van der Waals surface area contributed by atoms with Gasteiger partial charge >= 0.3 is 0 Å². The van der Waals surface area contributed by atoms with Gasteiger partial charge in [-0.05, 0) is 24.6 Å². The van der Waals surface area contributed by atoms with Gasteiger partial charge in [0.15, 0.2) is 0 Å². The molecular weight excluding hydrogens is 360 g/mol. The van der Waals surface area contributed by atoms with Gasteiger partial charge in [0.25, 0.3) is 5.91 Å². The highest BCUT2D eigenvalue weighted by Crippen LogP contribution is 2.23. The van der Waals surface area contributed by atoms with Crippen LogP contribution < -0.4 is 4.74 Å². The van der Waals surface area contributed by atoms with Crippen LogP contribution in [0.2, 0.25) is 0 Å². The van der Waals surface area contributed by atoms with E-state index in [4.69, 9.17) is 14.2 Å². The zero-order valence-corrected chi connectivity index (χ0v) is 16.2. The van der Waals surface area contributed by atoms with Gasteiger partial charge in [0.2, 0.25) is 5.91 Å². The summed E-state index contributed by atoms with van der Waals surface area (Å²) in [6, 6.07) is 7.41. The number of piperidine rings is 1. The SMILES string of the molecule is O=C(c1cccc(OC2CCN(C(=O)[C@@H]3CCOC3)CC2)c1)N1CCOCC1. The maximum absolute atomic E-state index is 12.6. The van der Waals surface area contributed by atoms with Crippen molar-refractivity contribution < 1.29 is 23.8 Å². The van der Waals surface area contributed by atoms with Crippen LogP contribution in [0.25, 0.3) is 0 Å². The third kappa shape index (κ3) is 4.47. The van der Waals surface area contributed by atoms with Crippen molar-refractivity contribution in [2.24, 2.45) is 5.92 Å². The number of rotatable bonds is 4. The van der Waals surface area contributed by atoms with Gasteiger partial charge in [0, 0.05) is 51.2 Å². The zero-order chi connectivity index (χ0) is 19.3. The quantitative estimate of drug-likeness (QED) is 0.783. The molecule has 0 saturated carbocycles. The smallest absolute Gasteiger partial charge is 0.254 e. The summed E-state index contributed by atoms with van der Waals surface area (Å²) in [7, 11) is 0. The van der Waals surface area contributed by atoms with Crippen LogP contribution in [-0.2, 0) is 14.3 Å². The van der Waals surface area contributed by atoms with Crippen molar-refractivity contribution in [1.29, 1.82) is 0 Å². The van der Waals surface area contributed by atoms with Crippen LogP contribution in [0.1, 0.15) is 29.6 Å². The van der Waals surface area contributed by atoms with Crippen molar-refractivity contribution in [3.05, 3.63) is 29.8 Å². The monoisotopic (exact) mass is 388 g/mol. The average Bonchev–Trinajstić information content (AvgIpc) is 3.29. The third-order valence-corrected chi connectivity index (χ3v) is 5.71. The van der Waals surface area contributed by atoms with E-state index in [2.05, 4.69) is 0 Å². The average molecular weight is 388 g/mol. The molecule has 0 N–H and O–H groups in total. The molecule has 7 heteroatoms. The first-order chi connectivity index (χ1) is 13.7. The molecule has 1 aromatic rings. The predicted octanol–water partition coefficient (Wildman–Crippen LogP) is 1.57. The minimum absolute atomic E-state index is 0.0212. The van der Waals surface area contributed by atoms with E-state index in [1.807, 2.05) is 34.1 Å². The molecule has 0 unspecified atom stereocenters. The Labute approximate surface area is 165 Å². The van der Waals surface area contributed by atoms with E-state index in [-0.39, 0.29) is 23.8 Å². The van der Waals surface area contributed by atoms with Crippen LogP contribution in [0, 0.1) is 5.92 Å². The van der Waals surface area contributed by atoms with Crippen molar-refractivity contribution in [2.75, 3.05) is 52.6 Å². The van der Waals surface area contributed by atoms with Gasteiger partial charge in [-0.25, -0.2) is 0 Å². The number of likely N-dealkylation sites (tertiary alicyclic amines) is 1. The van der Waals surface area contributed by atoms with Crippen molar-refractivity contribution in [3.63, 3.8) is 0 Å². The van der Waals surface area contributed by atoms with E-state index in [9.17, 15) is 9.59 Å². The first-order valence-electron chi connectivity index (χ1n) is 10.2. The number of nitrogens with zero attached hydrogens (tertiary/aromatic N) is 2. The largest absolute Gasteiger partial charge is 0.490 e. The number of carbonyl (C=O) groups excluding carboxylic acids is 2. The molecule has 28 heavy (non-hydrogen) atoms. The van der Waals surface area contributed by atoms with Gasteiger partial charge in [-0.1, -0.05) is 6.07 Å². The summed E-state index contributed by atoms with van der Waals surface area (Å²) in [5, 5.41) is 0. The first-order valence-corrected chi connectivity index (χ1v) is 10.2. The molecule has 3 fully saturated rings. The van der Waals surface area contributed by atoms with Gasteiger partial charge in [-0.3, -0.25) is 9.59 Å². The number of hydrogen-bond donors (Lipinski definition) is 0. The molecule has 152 valence electrons. The second-order valence-corrected chi connectivity index (χ2v) is 7.64. The molecule has 1 atom stereocenters. The molecule has 7 nitrogen and oxygen atoms in total. The third-order valence-electron chi connectivity index (χ3n) is 5.71. The van der Waals surface area contributed by atoms with E-state index in [1.54, 1.807) is 0 Å². The Morgan fingerprint density at radius 2 is 1.71 bits per heavy atom. The Balaban J connectivity index is 1.30. The van der Waals surface area contributed by atoms with Crippen LogP contribution in [0.15, 0.2) is 24.3 Å². The summed E-state index contributed by atoms with van der Waals surface area (Å²) >= 11 is 0. The van der Waals surface area contributed by atoms with Gasteiger partial charge in [-0.2, -0.15) is 0 Å². The van der Waals surface area contributed by atoms with Crippen molar-refractivity contribution in [1.82, 2.24) is 9.80 Å². The highest BCUT2D eigenvalue weighted by molar-refractivity contribution is 5.94. The fourth-order valence-corrected chi connectivity index (χ4v) is 4.03. The first kappa shape index (κ1) is 19.2. The standard InChI is InChI=1S/C21H28N2O5/c24-20(23-9-12-26-13-10-23)16-2-1-3-19(14-16)28-18-4-7-22(8-5-18)21(25)17-6-11-27-15-17/h1-3,14,17-18H,4-13,15H2/t17-/m1/s1. The lowest BCUT2D eigenvalue weighted by Crippen LogP contribution is -2.44. The minimum Gasteiger partial charge on any atom is -0.490 e. The highest BCUT2D eigenvalue weighted by Gasteiger charge is 2.31. The second-order valence-electron chi connectivity index (χ2n) is 7.64. The summed E-state index contributed by atoms with van der Waals surface area (Å²) in [5.41, 5.74) is 0.647. The maximum atomic E-state index is 12.6. The fraction of sp³-hybridized carbons (Fsp3) is 0.619. The summed E-state index contributed by atoms with van der Waals surface area (Å²) in [6.45, 7) is 5.11. The normalized spacial score (nSPS) is 23.6. The molecular formula is C21H28N2O5. The van der Waals surface area contributed by atoms with Crippen LogP contribution in [0.4, 0.5) is 0 Å². The minimum atomic E-state index is 0.0212. The van der Waals surface area contributed by atoms with E-state index in [0.717, 1.165) is 19.3 Å². The second kappa shape index (κ2) is 8.92. The molecule has 0 spiro atoms.